The molecule has 1 aromatic carbocycles. The first-order chi connectivity index (χ1) is 7.42. The van der Waals surface area contributed by atoms with Crippen LogP contribution in [0.3, 0.4) is 0 Å². The second-order valence-electron chi connectivity index (χ2n) is 3.50. The number of unbranched alkanes of at least 4 members (excludes halogenated alkanes) is 1. The van der Waals surface area contributed by atoms with Gasteiger partial charge in [-0.05, 0) is 35.7 Å². The van der Waals surface area contributed by atoms with E-state index in [4.69, 9.17) is 5.11 Å². The number of aliphatic hydroxyl groups excluding tert-OH is 1. The van der Waals surface area contributed by atoms with Crippen molar-refractivity contribution < 1.29 is 5.11 Å². The molecule has 0 saturated heterocycles. The van der Waals surface area contributed by atoms with Gasteiger partial charge in [-0.15, -0.1) is 11.3 Å². The van der Waals surface area contributed by atoms with Crippen LogP contribution in [0.25, 0.3) is 10.1 Å². The van der Waals surface area contributed by atoms with Crippen LogP contribution in [0, 0.1) is 0 Å². The molecule has 0 aliphatic rings. The van der Waals surface area contributed by atoms with Crippen molar-refractivity contribution in [2.24, 2.45) is 0 Å². The highest BCUT2D eigenvalue weighted by Gasteiger charge is 2.00. The smallest absolute Gasteiger partial charge is 0.0574 e. The maximum atomic E-state index is 8.68. The van der Waals surface area contributed by atoms with Crippen LogP contribution in [0.4, 0.5) is 5.69 Å². The molecule has 0 radical (unpaired) electrons. The molecule has 1 aromatic heterocycles. The van der Waals surface area contributed by atoms with Gasteiger partial charge in [0.2, 0.25) is 0 Å². The third-order valence-corrected chi connectivity index (χ3v) is 3.34. The summed E-state index contributed by atoms with van der Waals surface area (Å²) in [5.41, 5.74) is 1.21. The maximum absolute atomic E-state index is 8.68. The topological polar surface area (TPSA) is 32.3 Å². The van der Waals surface area contributed by atoms with Crippen LogP contribution in [0.5, 0.6) is 0 Å². The van der Waals surface area contributed by atoms with Crippen LogP contribution in [0.1, 0.15) is 12.8 Å². The van der Waals surface area contributed by atoms with Gasteiger partial charge in [-0.1, -0.05) is 12.1 Å². The van der Waals surface area contributed by atoms with Gasteiger partial charge in [0.25, 0.3) is 0 Å². The Bertz CT molecular complexity index is 424. The Morgan fingerprint density at radius 2 is 2.13 bits per heavy atom. The van der Waals surface area contributed by atoms with Crippen LogP contribution in [0.2, 0.25) is 0 Å². The van der Waals surface area contributed by atoms with Crippen molar-refractivity contribution in [1.29, 1.82) is 0 Å². The summed E-state index contributed by atoms with van der Waals surface area (Å²) < 4.78 is 1.32. The molecule has 2 rings (SSSR count). The Kier molecular flexibility index (Phi) is 3.59. The van der Waals surface area contributed by atoms with Crippen molar-refractivity contribution >= 4 is 27.1 Å². The number of hydrogen-bond donors (Lipinski definition) is 2. The molecule has 0 aliphatic heterocycles. The summed E-state index contributed by atoms with van der Waals surface area (Å²) in [5.74, 6) is 0. The van der Waals surface area contributed by atoms with Crippen molar-refractivity contribution in [3.05, 3.63) is 29.6 Å². The number of aliphatic hydroxyl groups is 1. The van der Waals surface area contributed by atoms with Gasteiger partial charge in [0, 0.05) is 13.2 Å². The standard InChI is InChI=1S/C12H15NOS/c14-8-2-1-7-13-11-5-3-4-10-6-9-15-12(10)11/h3-6,9,13-14H,1-2,7-8H2. The summed E-state index contributed by atoms with van der Waals surface area (Å²) in [5, 5.41) is 15.5. The Morgan fingerprint density at radius 1 is 1.20 bits per heavy atom. The predicted octanol–water partition coefficient (Wildman–Crippen LogP) is 3.09. The minimum atomic E-state index is 0.283. The largest absolute Gasteiger partial charge is 0.396 e. The van der Waals surface area contributed by atoms with Gasteiger partial charge in [0.15, 0.2) is 0 Å². The Morgan fingerprint density at radius 3 is 3.00 bits per heavy atom. The van der Waals surface area contributed by atoms with E-state index in [1.54, 1.807) is 11.3 Å². The van der Waals surface area contributed by atoms with E-state index < -0.39 is 0 Å². The molecule has 0 bridgehead atoms. The number of thiophene rings is 1. The van der Waals surface area contributed by atoms with E-state index in [-0.39, 0.29) is 6.61 Å². The van der Waals surface area contributed by atoms with Crippen LogP contribution in [-0.4, -0.2) is 18.3 Å². The van der Waals surface area contributed by atoms with E-state index in [0.717, 1.165) is 19.4 Å². The van der Waals surface area contributed by atoms with Gasteiger partial charge in [-0.25, -0.2) is 0 Å². The highest BCUT2D eigenvalue weighted by molar-refractivity contribution is 7.17. The summed E-state index contributed by atoms with van der Waals surface area (Å²) in [6.45, 7) is 1.21. The van der Waals surface area contributed by atoms with Gasteiger partial charge >= 0.3 is 0 Å². The third kappa shape index (κ3) is 2.49. The first kappa shape index (κ1) is 10.5. The van der Waals surface area contributed by atoms with Crippen LogP contribution in [-0.2, 0) is 0 Å². The average molecular weight is 221 g/mol. The number of rotatable bonds is 5. The number of anilines is 1. The second-order valence-corrected chi connectivity index (χ2v) is 4.42. The lowest BCUT2D eigenvalue weighted by Gasteiger charge is -2.06. The Balaban J connectivity index is 2.04. The third-order valence-electron chi connectivity index (χ3n) is 2.38. The fourth-order valence-electron chi connectivity index (χ4n) is 1.59. The monoisotopic (exact) mass is 221 g/mol. The van der Waals surface area contributed by atoms with Crippen LogP contribution in [0.15, 0.2) is 29.6 Å². The minimum absolute atomic E-state index is 0.283. The summed E-state index contributed by atoms with van der Waals surface area (Å²) in [6.07, 6.45) is 1.88. The first-order valence-corrected chi connectivity index (χ1v) is 6.11. The van der Waals surface area contributed by atoms with Gasteiger partial charge in [0.05, 0.1) is 10.4 Å². The molecule has 0 aliphatic carbocycles. The van der Waals surface area contributed by atoms with E-state index in [1.165, 1.54) is 15.8 Å². The summed E-state index contributed by atoms with van der Waals surface area (Å²) in [7, 11) is 0. The van der Waals surface area contributed by atoms with E-state index in [2.05, 4.69) is 35.0 Å². The highest BCUT2D eigenvalue weighted by atomic mass is 32.1. The lowest BCUT2D eigenvalue weighted by molar-refractivity contribution is 0.286. The summed E-state index contributed by atoms with van der Waals surface area (Å²) in [6, 6.07) is 8.45. The van der Waals surface area contributed by atoms with Crippen molar-refractivity contribution in [1.82, 2.24) is 0 Å². The molecule has 2 aromatic rings. The molecule has 1 heterocycles. The number of nitrogens with one attached hydrogen (secondary N) is 1. The van der Waals surface area contributed by atoms with Crippen LogP contribution < -0.4 is 5.32 Å². The SMILES string of the molecule is OCCCCNc1cccc2ccsc12. The van der Waals surface area contributed by atoms with E-state index in [9.17, 15) is 0 Å². The molecule has 0 saturated carbocycles. The van der Waals surface area contributed by atoms with Crippen molar-refractivity contribution in [2.75, 3.05) is 18.5 Å². The molecule has 0 fully saturated rings. The maximum Gasteiger partial charge on any atom is 0.0574 e. The summed E-state index contributed by atoms with van der Waals surface area (Å²) >= 11 is 1.77. The lowest BCUT2D eigenvalue weighted by Crippen LogP contribution is -2.02. The zero-order chi connectivity index (χ0) is 10.5. The normalized spacial score (nSPS) is 10.7. The average Bonchev–Trinajstić information content (AvgIpc) is 2.73. The molecule has 2 nitrogen and oxygen atoms in total. The Hall–Kier alpha value is -1.06. The molecule has 3 heteroatoms. The predicted molar refractivity (Wildman–Crippen MR) is 66.6 cm³/mol. The molecule has 2 N–H and O–H groups in total. The van der Waals surface area contributed by atoms with E-state index in [1.807, 2.05) is 0 Å². The van der Waals surface area contributed by atoms with Crippen molar-refractivity contribution in [3.8, 4) is 0 Å². The van der Waals surface area contributed by atoms with Gasteiger partial charge in [0.1, 0.15) is 0 Å². The second kappa shape index (κ2) is 5.14. The lowest BCUT2D eigenvalue weighted by atomic mass is 10.2. The highest BCUT2D eigenvalue weighted by Crippen LogP contribution is 2.28. The summed E-state index contributed by atoms with van der Waals surface area (Å²) in [4.78, 5) is 0. The molecule has 15 heavy (non-hydrogen) atoms. The van der Waals surface area contributed by atoms with Gasteiger partial charge < -0.3 is 10.4 Å². The van der Waals surface area contributed by atoms with E-state index >= 15 is 0 Å². The molecule has 80 valence electrons. The van der Waals surface area contributed by atoms with Crippen LogP contribution >= 0.6 is 11.3 Å². The quantitative estimate of drug-likeness (QED) is 0.760. The zero-order valence-corrected chi connectivity index (χ0v) is 9.39. The fourth-order valence-corrected chi connectivity index (χ4v) is 2.48. The van der Waals surface area contributed by atoms with Gasteiger partial charge in [-0.3, -0.25) is 0 Å². The minimum Gasteiger partial charge on any atom is -0.396 e. The van der Waals surface area contributed by atoms with Crippen molar-refractivity contribution in [3.63, 3.8) is 0 Å². The number of benzene rings is 1. The molecule has 0 atom stereocenters. The molecule has 0 unspecified atom stereocenters. The van der Waals surface area contributed by atoms with Gasteiger partial charge in [-0.2, -0.15) is 0 Å². The number of fused-ring (bicyclic) bond motifs is 1. The molecule has 0 spiro atoms. The molecular formula is C12H15NOS. The zero-order valence-electron chi connectivity index (χ0n) is 8.57. The first-order valence-electron chi connectivity index (χ1n) is 5.23. The molecular weight excluding hydrogens is 206 g/mol. The fraction of sp³-hybridized carbons (Fsp3) is 0.333. The van der Waals surface area contributed by atoms with Crippen molar-refractivity contribution in [2.45, 2.75) is 12.8 Å². The van der Waals surface area contributed by atoms with E-state index in [0.29, 0.717) is 0 Å². The molecule has 0 amide bonds. The number of hydrogen-bond acceptors (Lipinski definition) is 3. The Labute approximate surface area is 93.6 Å².